The molecule has 0 spiro atoms. The summed E-state index contributed by atoms with van der Waals surface area (Å²) < 4.78 is 0. The maximum atomic E-state index is 12.5. The average Bonchev–Trinajstić information content (AvgIpc) is 3.03. The molecule has 3 nitrogen and oxygen atoms in total. The van der Waals surface area contributed by atoms with Crippen LogP contribution < -0.4 is 5.73 Å². The molecule has 0 radical (unpaired) electrons. The highest BCUT2D eigenvalue weighted by Gasteiger charge is 2.29. The highest BCUT2D eigenvalue weighted by atomic mass is 32.1. The molecule has 0 aromatic carbocycles. The second kappa shape index (κ2) is 5.02. The Morgan fingerprint density at radius 3 is 3.00 bits per heavy atom. The van der Waals surface area contributed by atoms with Gasteiger partial charge >= 0.3 is 0 Å². The van der Waals surface area contributed by atoms with E-state index in [0.29, 0.717) is 6.54 Å². The molecular weight excluding hydrogens is 244 g/mol. The van der Waals surface area contributed by atoms with Gasteiger partial charge in [-0.25, -0.2) is 0 Å². The van der Waals surface area contributed by atoms with E-state index in [-0.39, 0.29) is 11.9 Å². The SMILES string of the molecule is NCC1CCCN1C(=O)c1cc2c(s1)CCCC2. The maximum Gasteiger partial charge on any atom is 0.264 e. The van der Waals surface area contributed by atoms with E-state index in [9.17, 15) is 4.79 Å². The number of amides is 1. The van der Waals surface area contributed by atoms with Crippen LogP contribution in [-0.2, 0) is 12.8 Å². The van der Waals surface area contributed by atoms with Crippen molar-refractivity contribution in [2.75, 3.05) is 13.1 Å². The van der Waals surface area contributed by atoms with E-state index in [1.807, 2.05) is 4.90 Å². The number of aryl methyl sites for hydroxylation is 2. The van der Waals surface area contributed by atoms with Crippen LogP contribution in [0, 0.1) is 0 Å². The summed E-state index contributed by atoms with van der Waals surface area (Å²) in [6.45, 7) is 1.47. The summed E-state index contributed by atoms with van der Waals surface area (Å²) in [5, 5.41) is 0. The molecule has 4 heteroatoms. The van der Waals surface area contributed by atoms with Gasteiger partial charge < -0.3 is 10.6 Å². The highest BCUT2D eigenvalue weighted by Crippen LogP contribution is 2.31. The molecule has 3 rings (SSSR count). The van der Waals surface area contributed by atoms with Gasteiger partial charge in [-0.3, -0.25) is 4.79 Å². The second-order valence-electron chi connectivity index (χ2n) is 5.30. The van der Waals surface area contributed by atoms with Gasteiger partial charge in [0.15, 0.2) is 0 Å². The Morgan fingerprint density at radius 1 is 1.39 bits per heavy atom. The van der Waals surface area contributed by atoms with Crippen molar-refractivity contribution in [3.63, 3.8) is 0 Å². The fourth-order valence-corrected chi connectivity index (χ4v) is 4.30. The molecule has 1 aliphatic carbocycles. The number of hydrogen-bond donors (Lipinski definition) is 1. The van der Waals surface area contributed by atoms with Gasteiger partial charge in [0.25, 0.3) is 5.91 Å². The summed E-state index contributed by atoms with van der Waals surface area (Å²) in [6, 6.07) is 2.39. The summed E-state index contributed by atoms with van der Waals surface area (Å²) in [6.07, 6.45) is 7.02. The lowest BCUT2D eigenvalue weighted by Crippen LogP contribution is -2.39. The number of likely N-dealkylation sites (tertiary alicyclic amines) is 1. The van der Waals surface area contributed by atoms with Crippen LogP contribution in [-0.4, -0.2) is 29.9 Å². The van der Waals surface area contributed by atoms with E-state index in [1.165, 1.54) is 23.3 Å². The molecule has 1 amide bonds. The van der Waals surface area contributed by atoms with Crippen molar-refractivity contribution in [1.82, 2.24) is 4.90 Å². The van der Waals surface area contributed by atoms with Crippen LogP contribution in [0.2, 0.25) is 0 Å². The zero-order valence-corrected chi connectivity index (χ0v) is 11.5. The van der Waals surface area contributed by atoms with Crippen LogP contribution in [0.15, 0.2) is 6.07 Å². The van der Waals surface area contributed by atoms with Crippen molar-refractivity contribution in [3.8, 4) is 0 Å². The summed E-state index contributed by atoms with van der Waals surface area (Å²) in [5.41, 5.74) is 7.16. The third kappa shape index (κ3) is 2.08. The molecule has 1 aliphatic heterocycles. The van der Waals surface area contributed by atoms with Gasteiger partial charge in [-0.15, -0.1) is 11.3 Å². The van der Waals surface area contributed by atoms with Crippen LogP contribution >= 0.6 is 11.3 Å². The van der Waals surface area contributed by atoms with Gasteiger partial charge in [0, 0.05) is 24.0 Å². The Kier molecular flexibility index (Phi) is 3.39. The van der Waals surface area contributed by atoms with Gasteiger partial charge in [-0.1, -0.05) is 0 Å². The molecule has 18 heavy (non-hydrogen) atoms. The van der Waals surface area contributed by atoms with Crippen molar-refractivity contribution in [1.29, 1.82) is 0 Å². The minimum Gasteiger partial charge on any atom is -0.334 e. The lowest BCUT2D eigenvalue weighted by Gasteiger charge is -2.22. The Hall–Kier alpha value is -0.870. The lowest BCUT2D eigenvalue weighted by molar-refractivity contribution is 0.0746. The number of hydrogen-bond acceptors (Lipinski definition) is 3. The molecule has 1 saturated heterocycles. The minimum absolute atomic E-state index is 0.211. The number of carbonyl (C=O) groups is 1. The van der Waals surface area contributed by atoms with Crippen LogP contribution in [0.3, 0.4) is 0 Å². The zero-order valence-electron chi connectivity index (χ0n) is 10.7. The molecule has 98 valence electrons. The molecular formula is C14H20N2OS. The van der Waals surface area contributed by atoms with E-state index < -0.39 is 0 Å². The van der Waals surface area contributed by atoms with E-state index >= 15 is 0 Å². The van der Waals surface area contributed by atoms with Crippen molar-refractivity contribution in [2.24, 2.45) is 5.73 Å². The second-order valence-corrected chi connectivity index (χ2v) is 6.43. The van der Waals surface area contributed by atoms with Gasteiger partial charge in [0.1, 0.15) is 0 Å². The Labute approximate surface area is 112 Å². The predicted molar refractivity (Wildman–Crippen MR) is 74.1 cm³/mol. The Morgan fingerprint density at radius 2 is 2.22 bits per heavy atom. The number of carbonyl (C=O) groups excluding carboxylic acids is 1. The molecule has 1 atom stereocenters. The fourth-order valence-electron chi connectivity index (χ4n) is 3.09. The number of thiophene rings is 1. The summed E-state index contributed by atoms with van der Waals surface area (Å²) in [4.78, 5) is 16.9. The largest absolute Gasteiger partial charge is 0.334 e. The third-order valence-electron chi connectivity index (χ3n) is 4.12. The first-order chi connectivity index (χ1) is 8.79. The van der Waals surface area contributed by atoms with Crippen LogP contribution in [0.1, 0.15) is 45.8 Å². The van der Waals surface area contributed by atoms with Crippen molar-refractivity contribution in [3.05, 3.63) is 21.4 Å². The van der Waals surface area contributed by atoms with Gasteiger partial charge in [0.2, 0.25) is 0 Å². The van der Waals surface area contributed by atoms with E-state index in [4.69, 9.17) is 5.73 Å². The average molecular weight is 264 g/mol. The van der Waals surface area contributed by atoms with E-state index in [2.05, 4.69) is 6.07 Å². The zero-order chi connectivity index (χ0) is 12.5. The Bertz CT molecular complexity index is 431. The van der Waals surface area contributed by atoms with Crippen molar-refractivity contribution >= 4 is 17.2 Å². The van der Waals surface area contributed by atoms with Crippen molar-refractivity contribution < 1.29 is 4.79 Å². The molecule has 0 bridgehead atoms. The minimum atomic E-state index is 0.211. The first-order valence-corrected chi connectivity index (χ1v) is 7.74. The van der Waals surface area contributed by atoms with Crippen LogP contribution in [0.25, 0.3) is 0 Å². The number of rotatable bonds is 2. The lowest BCUT2D eigenvalue weighted by atomic mass is 9.99. The normalized spacial score (nSPS) is 23.2. The molecule has 1 unspecified atom stereocenters. The van der Waals surface area contributed by atoms with Gasteiger partial charge in [-0.2, -0.15) is 0 Å². The summed E-state index contributed by atoms with van der Waals surface area (Å²) in [5.74, 6) is 0.211. The first kappa shape index (κ1) is 12.2. The quantitative estimate of drug-likeness (QED) is 0.890. The van der Waals surface area contributed by atoms with Crippen molar-refractivity contribution in [2.45, 2.75) is 44.6 Å². The van der Waals surface area contributed by atoms with E-state index in [0.717, 1.165) is 37.1 Å². The number of fused-ring (bicyclic) bond motifs is 1. The van der Waals surface area contributed by atoms with Crippen LogP contribution in [0.5, 0.6) is 0 Å². The van der Waals surface area contributed by atoms with Gasteiger partial charge in [-0.05, 0) is 50.2 Å². The first-order valence-electron chi connectivity index (χ1n) is 6.92. The molecule has 1 fully saturated rings. The predicted octanol–water partition coefficient (Wildman–Crippen LogP) is 2.19. The summed E-state index contributed by atoms with van der Waals surface area (Å²) in [7, 11) is 0. The molecule has 0 saturated carbocycles. The Balaban J connectivity index is 1.81. The summed E-state index contributed by atoms with van der Waals surface area (Å²) >= 11 is 1.71. The number of nitrogens with zero attached hydrogens (tertiary/aromatic N) is 1. The highest BCUT2D eigenvalue weighted by molar-refractivity contribution is 7.14. The molecule has 2 aliphatic rings. The van der Waals surface area contributed by atoms with Gasteiger partial charge in [0.05, 0.1) is 4.88 Å². The topological polar surface area (TPSA) is 46.3 Å². The molecule has 1 aromatic heterocycles. The molecule has 1 aromatic rings. The fraction of sp³-hybridized carbons (Fsp3) is 0.643. The monoisotopic (exact) mass is 264 g/mol. The maximum absolute atomic E-state index is 12.5. The van der Waals surface area contributed by atoms with Crippen LogP contribution in [0.4, 0.5) is 0 Å². The smallest absolute Gasteiger partial charge is 0.264 e. The molecule has 2 heterocycles. The van der Waals surface area contributed by atoms with E-state index in [1.54, 1.807) is 11.3 Å². The molecule has 2 N–H and O–H groups in total. The standard InChI is InChI=1S/C14H20N2OS/c15-9-11-5-3-7-16(11)14(17)13-8-10-4-1-2-6-12(10)18-13/h8,11H,1-7,9,15H2. The third-order valence-corrected chi connectivity index (χ3v) is 5.34. The number of nitrogens with two attached hydrogens (primary N) is 1.